The number of carbonyl (C=O) groups excluding carboxylic acids is 12. The number of nitrogens with zero attached hydrogens (tertiary/aromatic N) is 3. The first-order chi connectivity index (χ1) is 42.0. The summed E-state index contributed by atoms with van der Waals surface area (Å²) in [7, 11) is 0. The SMILES string of the molecule is CSCC[C@H](NC(=O)[C@H](CO)NC(=O)[C@H](CC(N)=O)NC(=O)[C@H](Cc1ccccc1)NC(=O)CNC(=O)[C@H](CC(C)C)NC(=O)[C@@H]1CCCN1C(=O)[C@H](C)N)C(=O)N[C@@H](CCCN=C(N)N)C(=O)N[C@@H](CC(C)C)C(=O)N1CCC[C@H]1C(=O)N[C@@H](C)C(=O)O. The van der Waals surface area contributed by atoms with E-state index in [4.69, 9.17) is 22.9 Å². The minimum absolute atomic E-state index is 0.0180. The smallest absolute Gasteiger partial charge is 0.325 e. The van der Waals surface area contributed by atoms with Crippen LogP contribution < -0.4 is 70.8 Å². The molecule has 0 spiro atoms. The Hall–Kier alpha value is -8.13. The Kier molecular flexibility index (Phi) is 31.8. The number of primary amides is 1. The Morgan fingerprint density at radius 2 is 1.10 bits per heavy atom. The lowest BCUT2D eigenvalue weighted by Gasteiger charge is -2.31. The van der Waals surface area contributed by atoms with E-state index < -0.39 is 163 Å². The third-order valence-electron chi connectivity index (χ3n) is 14.5. The van der Waals surface area contributed by atoms with Crippen molar-refractivity contribution in [2.75, 3.05) is 44.8 Å². The van der Waals surface area contributed by atoms with Crippen LogP contribution in [0.5, 0.6) is 0 Å². The van der Waals surface area contributed by atoms with Gasteiger partial charge in [-0.05, 0) is 101 Å². The number of carbonyl (C=O) groups is 13. The summed E-state index contributed by atoms with van der Waals surface area (Å²) in [6, 6.07) is -5.97. The Balaban J connectivity index is 1.82. The van der Waals surface area contributed by atoms with Crippen LogP contribution in [-0.2, 0) is 68.7 Å². The summed E-state index contributed by atoms with van der Waals surface area (Å²) < 4.78 is 0. The number of amides is 12. The van der Waals surface area contributed by atoms with E-state index in [2.05, 4.69) is 52.8 Å². The van der Waals surface area contributed by atoms with Crippen molar-refractivity contribution in [3.8, 4) is 0 Å². The van der Waals surface area contributed by atoms with Crippen LogP contribution in [0.25, 0.3) is 0 Å². The van der Waals surface area contributed by atoms with Gasteiger partial charge in [0.2, 0.25) is 70.9 Å². The molecule has 0 radical (unpaired) electrons. The van der Waals surface area contributed by atoms with Crippen LogP contribution in [0.15, 0.2) is 35.3 Å². The van der Waals surface area contributed by atoms with Crippen LogP contribution >= 0.6 is 11.8 Å². The largest absolute Gasteiger partial charge is 0.480 e. The zero-order valence-electron chi connectivity index (χ0n) is 51.7. The summed E-state index contributed by atoms with van der Waals surface area (Å²) in [6.45, 7) is 8.71. The molecule has 496 valence electrons. The molecule has 2 fully saturated rings. The highest BCUT2D eigenvalue weighted by Gasteiger charge is 2.41. The molecule has 0 unspecified atom stereocenters. The molecule has 0 aliphatic carbocycles. The molecular formula is C57H92N16O15S. The van der Waals surface area contributed by atoms with E-state index in [-0.39, 0.29) is 81.6 Å². The van der Waals surface area contributed by atoms with Gasteiger partial charge in [0.25, 0.3) is 0 Å². The molecule has 12 amide bonds. The van der Waals surface area contributed by atoms with Gasteiger partial charge in [-0.1, -0.05) is 58.0 Å². The summed E-state index contributed by atoms with van der Waals surface area (Å²) in [5.74, 6) is -11.6. The summed E-state index contributed by atoms with van der Waals surface area (Å²) >= 11 is 1.29. The third kappa shape index (κ3) is 25.5. The number of hydrogen-bond donors (Lipinski definition) is 15. The predicted molar refractivity (Wildman–Crippen MR) is 328 cm³/mol. The molecule has 89 heavy (non-hydrogen) atoms. The number of aliphatic carboxylic acids is 1. The molecule has 2 heterocycles. The molecule has 0 bridgehead atoms. The molecule has 0 aromatic heterocycles. The van der Waals surface area contributed by atoms with Gasteiger partial charge in [-0.2, -0.15) is 11.8 Å². The number of nitrogens with two attached hydrogens (primary N) is 4. The Bertz CT molecular complexity index is 2660. The Morgan fingerprint density at radius 1 is 0.607 bits per heavy atom. The molecule has 0 saturated carbocycles. The molecule has 2 saturated heterocycles. The van der Waals surface area contributed by atoms with Crippen LogP contribution in [0.3, 0.4) is 0 Å². The number of carboxylic acid groups (broad SMARTS) is 1. The fourth-order valence-corrected chi connectivity index (χ4v) is 10.4. The number of rotatable bonds is 37. The first kappa shape index (κ1) is 75.1. The van der Waals surface area contributed by atoms with E-state index in [0.29, 0.717) is 31.4 Å². The zero-order chi connectivity index (χ0) is 66.7. The highest BCUT2D eigenvalue weighted by molar-refractivity contribution is 7.98. The predicted octanol–water partition coefficient (Wildman–Crippen LogP) is -4.58. The van der Waals surface area contributed by atoms with Gasteiger partial charge in [-0.15, -0.1) is 0 Å². The monoisotopic (exact) mass is 1270 g/mol. The van der Waals surface area contributed by atoms with Crippen LogP contribution in [0.2, 0.25) is 0 Å². The second-order valence-corrected chi connectivity index (χ2v) is 24.0. The van der Waals surface area contributed by atoms with Crippen molar-refractivity contribution in [1.82, 2.24) is 57.7 Å². The van der Waals surface area contributed by atoms with E-state index in [1.54, 1.807) is 50.4 Å². The third-order valence-corrected chi connectivity index (χ3v) is 15.1. The van der Waals surface area contributed by atoms with Crippen LogP contribution in [-0.4, -0.2) is 214 Å². The van der Waals surface area contributed by atoms with Gasteiger partial charge in [0.15, 0.2) is 5.96 Å². The number of likely N-dealkylation sites (tertiary alicyclic amines) is 2. The Morgan fingerprint density at radius 3 is 1.63 bits per heavy atom. The highest BCUT2D eigenvalue weighted by atomic mass is 32.2. The number of hydrogen-bond acceptors (Lipinski definition) is 17. The summed E-state index contributed by atoms with van der Waals surface area (Å²) in [6.07, 6.45) is 2.45. The molecule has 1 aromatic rings. The zero-order valence-corrected chi connectivity index (χ0v) is 52.5. The van der Waals surface area contributed by atoms with E-state index in [0.717, 1.165) is 0 Å². The van der Waals surface area contributed by atoms with Crippen molar-refractivity contribution in [1.29, 1.82) is 0 Å². The number of thioether (sulfide) groups is 1. The van der Waals surface area contributed by atoms with Crippen molar-refractivity contribution >= 4 is 94.6 Å². The standard InChI is InChI=1S/C57H92N16O15S/c1-30(2)24-37(69-53(84)43-18-12-21-72(43)54(85)32(5)58)46(77)63-28-45(76)65-38(26-34-14-9-8-10-15-34)49(80)68-39(27-44(59)75)50(81)71-41(29-74)51(82)67-36(19-23-89-7)48(79)66-35(16-11-20-62-57(60)61)47(78)70-40(25-31(3)4)55(86)73-22-13-17-42(73)52(83)64-33(6)56(87)88/h8-10,14-15,30-33,35-43,74H,11-13,16-29,58H2,1-7H3,(H2,59,75)(H,63,77)(H,64,83)(H,65,76)(H,66,79)(H,67,82)(H,68,80)(H,69,84)(H,70,78)(H,71,81)(H,87,88)(H4,60,61,62)/t32-,33-,35-,36-,37-,38-,39-,40-,41-,42-,43-/m0/s1. The minimum atomic E-state index is -1.84. The molecule has 1 aromatic carbocycles. The van der Waals surface area contributed by atoms with Gasteiger partial charge in [0, 0.05) is 26.1 Å². The van der Waals surface area contributed by atoms with Crippen molar-refractivity contribution in [3.63, 3.8) is 0 Å². The van der Waals surface area contributed by atoms with E-state index >= 15 is 0 Å². The van der Waals surface area contributed by atoms with Crippen LogP contribution in [0.1, 0.15) is 111 Å². The number of carboxylic acids is 1. The van der Waals surface area contributed by atoms with Crippen molar-refractivity contribution in [2.24, 2.45) is 39.8 Å². The number of nitrogens with one attached hydrogen (secondary N) is 9. The number of aliphatic hydroxyl groups excluding tert-OH is 1. The molecule has 31 nitrogen and oxygen atoms in total. The maximum atomic E-state index is 14.3. The van der Waals surface area contributed by atoms with E-state index in [1.807, 2.05) is 13.8 Å². The lowest BCUT2D eigenvalue weighted by molar-refractivity contribution is -0.144. The highest BCUT2D eigenvalue weighted by Crippen LogP contribution is 2.22. The topological polar surface area (TPSA) is 494 Å². The van der Waals surface area contributed by atoms with Crippen LogP contribution in [0.4, 0.5) is 0 Å². The first-order valence-electron chi connectivity index (χ1n) is 29.7. The van der Waals surface area contributed by atoms with Gasteiger partial charge < -0.3 is 90.8 Å². The minimum Gasteiger partial charge on any atom is -0.480 e. The first-order valence-corrected chi connectivity index (χ1v) is 31.1. The molecule has 32 heteroatoms. The molecular weight excluding hydrogens is 1180 g/mol. The fraction of sp³-hybridized carbons (Fsp3) is 0.649. The molecule has 11 atom stereocenters. The van der Waals surface area contributed by atoms with Gasteiger partial charge >= 0.3 is 5.97 Å². The van der Waals surface area contributed by atoms with Crippen LogP contribution in [0, 0.1) is 11.8 Å². The molecule has 19 N–H and O–H groups in total. The normalized spacial score (nSPS) is 17.6. The Labute approximate surface area is 522 Å². The second-order valence-electron chi connectivity index (χ2n) is 23.0. The maximum Gasteiger partial charge on any atom is 0.325 e. The second kappa shape index (κ2) is 37.7. The van der Waals surface area contributed by atoms with E-state index in [9.17, 15) is 72.5 Å². The molecule has 2 aliphatic heterocycles. The molecule has 2 aliphatic rings. The summed E-state index contributed by atoms with van der Waals surface area (Å²) in [5.41, 5.74) is 22.9. The summed E-state index contributed by atoms with van der Waals surface area (Å²) in [4.78, 5) is 182. The average Bonchev–Trinajstić information content (AvgIpc) is 3.26. The van der Waals surface area contributed by atoms with E-state index in [1.165, 1.54) is 35.4 Å². The number of guanidine groups is 1. The average molecular weight is 1270 g/mol. The van der Waals surface area contributed by atoms with Gasteiger partial charge in [0.1, 0.15) is 60.4 Å². The lowest BCUT2D eigenvalue weighted by Crippen LogP contribution is -2.61. The van der Waals surface area contributed by atoms with Gasteiger partial charge in [-0.3, -0.25) is 67.3 Å². The molecule has 3 rings (SSSR count). The van der Waals surface area contributed by atoms with Crippen molar-refractivity contribution in [2.45, 2.75) is 179 Å². The number of aliphatic hydroxyl groups is 1. The van der Waals surface area contributed by atoms with Crippen molar-refractivity contribution in [3.05, 3.63) is 35.9 Å². The van der Waals surface area contributed by atoms with Gasteiger partial charge in [-0.25, -0.2) is 0 Å². The number of aliphatic imine (C=N–C) groups is 1. The van der Waals surface area contributed by atoms with Gasteiger partial charge in [0.05, 0.1) is 25.6 Å². The quantitative estimate of drug-likeness (QED) is 0.0169. The fourth-order valence-electron chi connectivity index (χ4n) is 9.94. The number of benzene rings is 1. The maximum absolute atomic E-state index is 14.3. The van der Waals surface area contributed by atoms with Crippen molar-refractivity contribution < 1.29 is 72.5 Å². The lowest BCUT2D eigenvalue weighted by atomic mass is 10.0. The summed E-state index contributed by atoms with van der Waals surface area (Å²) in [5, 5.41) is 42.5.